The van der Waals surface area contributed by atoms with Gasteiger partial charge in [0.15, 0.2) is 0 Å². The third kappa shape index (κ3) is 6.92. The van der Waals surface area contributed by atoms with Crippen LogP contribution in [-0.4, -0.2) is 48.3 Å². The summed E-state index contributed by atoms with van der Waals surface area (Å²) in [6.45, 7) is -4.11. The average Bonchev–Trinajstić information content (AvgIpc) is 2.66. The molecule has 2 N–H and O–H groups in total. The second kappa shape index (κ2) is 8.82. The van der Waals surface area contributed by atoms with Crippen LogP contribution in [0.4, 0.5) is 4.39 Å². The number of hydrogen-bond donors (Lipinski definition) is 2. The van der Waals surface area contributed by atoms with Crippen molar-refractivity contribution in [2.45, 2.75) is 39.1 Å². The first kappa shape index (κ1) is 11.2. The summed E-state index contributed by atoms with van der Waals surface area (Å²) in [4.78, 5) is 25.1. The Hall–Kier alpha value is -1.66. The van der Waals surface area contributed by atoms with Crippen LogP contribution >= 0.6 is 11.6 Å². The van der Waals surface area contributed by atoms with Gasteiger partial charge in [0.25, 0.3) is 5.91 Å². The van der Waals surface area contributed by atoms with Crippen molar-refractivity contribution in [2.75, 3.05) is 26.1 Å². The maximum atomic E-state index is 13.6. The van der Waals surface area contributed by atoms with Crippen molar-refractivity contribution in [2.24, 2.45) is 5.89 Å². The van der Waals surface area contributed by atoms with Gasteiger partial charge in [0, 0.05) is 35.0 Å². The van der Waals surface area contributed by atoms with Crippen molar-refractivity contribution in [1.82, 2.24) is 15.5 Å². The molecule has 0 unspecified atom stereocenters. The van der Waals surface area contributed by atoms with Gasteiger partial charge < -0.3 is 10.6 Å². The highest BCUT2D eigenvalue weighted by atomic mass is 35.5. The van der Waals surface area contributed by atoms with Gasteiger partial charge in [0.05, 0.1) is 6.54 Å². The molecule has 0 atom stereocenters. The van der Waals surface area contributed by atoms with Crippen molar-refractivity contribution in [3.8, 4) is 0 Å². The van der Waals surface area contributed by atoms with E-state index in [-0.39, 0.29) is 15.5 Å². The maximum absolute atomic E-state index is 13.6. The summed E-state index contributed by atoms with van der Waals surface area (Å²) in [5.41, 5.74) is -1.10. The van der Waals surface area contributed by atoms with Crippen LogP contribution in [0, 0.1) is 11.7 Å². The molecule has 1 aromatic rings. The Morgan fingerprint density at radius 3 is 2.58 bits per heavy atom. The number of amides is 2. The van der Waals surface area contributed by atoms with Gasteiger partial charge in [-0.15, -0.1) is 0 Å². The summed E-state index contributed by atoms with van der Waals surface area (Å²) in [6, 6.07) is 2.81. The molecule has 1 fully saturated rings. The first-order valence-corrected chi connectivity index (χ1v) is 8.22. The van der Waals surface area contributed by atoms with E-state index in [1.54, 1.807) is 20.8 Å². The Kier molecular flexibility index (Phi) is 3.81. The number of halogens is 2. The molecule has 0 radical (unpaired) electrons. The van der Waals surface area contributed by atoms with E-state index in [1.165, 1.54) is 0 Å². The monoisotopic (exact) mass is 392 g/mol. The van der Waals surface area contributed by atoms with E-state index in [0.29, 0.717) is 0 Å². The third-order valence-electron chi connectivity index (χ3n) is 3.05. The van der Waals surface area contributed by atoms with Crippen LogP contribution in [-0.2, 0) is 4.79 Å². The van der Waals surface area contributed by atoms with E-state index in [0.717, 1.165) is 18.2 Å². The molecule has 0 aromatic heterocycles. The molecule has 1 aliphatic rings. The number of carbonyl (C=O) groups excluding carboxylic acids is 2. The smallest absolute Gasteiger partial charge is 0.251 e. The van der Waals surface area contributed by atoms with Gasteiger partial charge in [-0.1, -0.05) is 11.6 Å². The average molecular weight is 393 g/mol. The van der Waals surface area contributed by atoms with Crippen LogP contribution in [0.15, 0.2) is 18.2 Å². The lowest BCUT2D eigenvalue weighted by Crippen LogP contribution is -2.48. The Balaban J connectivity index is 2.46. The van der Waals surface area contributed by atoms with E-state index < -0.39 is 67.9 Å². The molecule has 0 aliphatic carbocycles. The predicted octanol–water partition coefficient (Wildman–Crippen LogP) is 2.84. The largest absolute Gasteiger partial charge is 0.352 e. The highest BCUT2D eigenvalue weighted by Gasteiger charge is 2.23. The van der Waals surface area contributed by atoms with Crippen LogP contribution < -0.4 is 10.6 Å². The van der Waals surface area contributed by atoms with Gasteiger partial charge in [0.1, 0.15) is 5.82 Å². The second-order valence-electron chi connectivity index (χ2n) is 6.68. The number of hydrogen-bond acceptors (Lipinski definition) is 3. The predicted molar refractivity (Wildman–Crippen MR) is 101 cm³/mol. The molecule has 1 aromatic carbocycles. The van der Waals surface area contributed by atoms with Gasteiger partial charge >= 0.3 is 0 Å². The zero-order valence-corrected chi connectivity index (χ0v) is 15.4. The zero-order chi connectivity index (χ0) is 27.4. The summed E-state index contributed by atoms with van der Waals surface area (Å²) in [7, 11) is 0. The Morgan fingerprint density at radius 1 is 1.35 bits per heavy atom. The minimum atomic E-state index is -3.45. The molecule has 0 bridgehead atoms. The van der Waals surface area contributed by atoms with Crippen LogP contribution in [0.25, 0.3) is 0 Å². The summed E-state index contributed by atoms with van der Waals surface area (Å²) in [5.74, 6) is -6.02. The first-order chi connectivity index (χ1) is 15.5. The Morgan fingerprint density at radius 2 is 2.00 bits per heavy atom. The van der Waals surface area contributed by atoms with Gasteiger partial charge in [-0.3, -0.25) is 14.5 Å². The highest BCUT2D eigenvalue weighted by Crippen LogP contribution is 2.17. The van der Waals surface area contributed by atoms with Crippen LogP contribution in [0.1, 0.15) is 56.2 Å². The maximum Gasteiger partial charge on any atom is 0.251 e. The molecule has 1 heterocycles. The Labute approximate surface area is 171 Å². The lowest BCUT2D eigenvalue weighted by molar-refractivity contribution is -0.124. The topological polar surface area (TPSA) is 61.4 Å². The summed E-state index contributed by atoms with van der Waals surface area (Å²) in [6.07, 6.45) is -6.91. The second-order valence-corrected chi connectivity index (χ2v) is 7.11. The van der Waals surface area contributed by atoms with Gasteiger partial charge in [0.2, 0.25) is 5.91 Å². The summed E-state index contributed by atoms with van der Waals surface area (Å²) < 4.78 is 89.1. The SMILES string of the molecule is [2H]C1([2H])N(CC(=O)NC(C)(C)C)C([2H])([2H])C([2H])([2H])C([2H])(CNC(=O)c2cc(F)cc(Cl)c2)C1([2H])[2H]. The van der Waals surface area contributed by atoms with Crippen LogP contribution in [0.2, 0.25) is 5.02 Å². The van der Waals surface area contributed by atoms with E-state index >= 15 is 0 Å². The van der Waals surface area contributed by atoms with E-state index in [2.05, 4.69) is 10.6 Å². The third-order valence-corrected chi connectivity index (χ3v) is 3.27. The van der Waals surface area contributed by atoms with E-state index in [4.69, 9.17) is 23.9 Å². The molecule has 1 aliphatic heterocycles. The fourth-order valence-electron chi connectivity index (χ4n) is 2.05. The molecule has 2 amide bonds. The molecule has 7 heteroatoms. The summed E-state index contributed by atoms with van der Waals surface area (Å²) in [5, 5.41) is 4.43. The molecule has 144 valence electrons. The zero-order valence-electron chi connectivity index (χ0n) is 23.7. The molecule has 5 nitrogen and oxygen atoms in total. The van der Waals surface area contributed by atoms with Gasteiger partial charge in [-0.05, 0) is 70.6 Å². The number of benzene rings is 1. The lowest BCUT2D eigenvalue weighted by atomic mass is 9.96. The molecule has 0 saturated carbocycles. The number of nitrogens with zero attached hydrogens (tertiary/aromatic N) is 1. The number of likely N-dealkylation sites (tertiary alicyclic amines) is 1. The molecule has 26 heavy (non-hydrogen) atoms. The van der Waals surface area contributed by atoms with Crippen molar-refractivity contribution in [3.05, 3.63) is 34.6 Å². The minimum Gasteiger partial charge on any atom is -0.352 e. The summed E-state index contributed by atoms with van der Waals surface area (Å²) >= 11 is 5.72. The number of nitrogens with one attached hydrogen (secondary N) is 2. The van der Waals surface area contributed by atoms with Crippen molar-refractivity contribution in [3.63, 3.8) is 0 Å². The fourth-order valence-corrected chi connectivity index (χ4v) is 2.28. The quantitative estimate of drug-likeness (QED) is 0.809. The van der Waals surface area contributed by atoms with Crippen LogP contribution in [0.5, 0.6) is 0 Å². The van der Waals surface area contributed by atoms with Crippen molar-refractivity contribution < 1.29 is 26.3 Å². The van der Waals surface area contributed by atoms with Crippen molar-refractivity contribution in [1.29, 1.82) is 0 Å². The lowest BCUT2D eigenvalue weighted by Gasteiger charge is -2.32. The standard InChI is InChI=1S/C19H27ClFN3O2/c1-19(2,3)23-17(25)12-24-6-4-13(5-7-24)11-22-18(26)14-8-15(20)10-16(21)9-14/h8-10,13H,4-7,11-12H2,1-3H3,(H,22,26)(H,23,25)/i4D2,5D2,6D2,7D2,13D. The molecule has 1 saturated heterocycles. The number of carbonyl (C=O) groups is 2. The highest BCUT2D eigenvalue weighted by molar-refractivity contribution is 6.31. The minimum absolute atomic E-state index is 0.113. The molecule has 2 rings (SSSR count). The normalized spacial score (nSPS) is 30.4. The van der Waals surface area contributed by atoms with Crippen molar-refractivity contribution >= 4 is 23.4 Å². The Bertz CT molecular complexity index is 970. The molecular formula is C19H27ClFN3O2. The number of piperidine rings is 1. The fraction of sp³-hybridized carbons (Fsp3) is 0.579. The molecule has 0 spiro atoms. The number of rotatable bonds is 5. The van der Waals surface area contributed by atoms with Gasteiger partial charge in [-0.2, -0.15) is 0 Å². The molecular weight excluding hydrogens is 357 g/mol. The van der Waals surface area contributed by atoms with E-state index in [1.807, 2.05) is 0 Å². The first-order valence-electron chi connectivity index (χ1n) is 12.3. The van der Waals surface area contributed by atoms with Gasteiger partial charge in [-0.25, -0.2) is 4.39 Å². The van der Waals surface area contributed by atoms with E-state index in [9.17, 15) is 14.0 Å². The van der Waals surface area contributed by atoms with Crippen LogP contribution in [0.3, 0.4) is 0 Å².